The zero-order valence-electron chi connectivity index (χ0n) is 26.6. The van der Waals surface area contributed by atoms with Crippen LogP contribution in [0.1, 0.15) is 87.0 Å². The number of likely N-dealkylation sites (tertiary alicyclic amines) is 1. The van der Waals surface area contributed by atoms with Gasteiger partial charge in [-0.25, -0.2) is 22.3 Å². The molecule has 12 nitrogen and oxygen atoms in total. The van der Waals surface area contributed by atoms with E-state index in [1.54, 1.807) is 26.8 Å². The lowest BCUT2D eigenvalue weighted by atomic mass is 9.87. The topological polar surface area (TPSA) is 165 Å². The quantitative estimate of drug-likeness (QED) is 0.153. The number of aliphatic carboxylic acids is 1. The molecule has 242 valence electrons. The molecule has 0 bridgehead atoms. The van der Waals surface area contributed by atoms with Crippen molar-refractivity contribution in [2.45, 2.75) is 110 Å². The Morgan fingerprint density at radius 2 is 1.74 bits per heavy atom. The smallest absolute Gasteiger partial charge is 0.326 e. The highest BCUT2D eigenvalue weighted by molar-refractivity contribution is 7.89. The monoisotopic (exact) mass is 615 g/mol. The van der Waals surface area contributed by atoms with Crippen LogP contribution >= 0.6 is 0 Å². The van der Waals surface area contributed by atoms with Gasteiger partial charge in [0.1, 0.15) is 12.1 Å². The maximum absolute atomic E-state index is 13.1. The summed E-state index contributed by atoms with van der Waals surface area (Å²) < 4.78 is 26.3. The Morgan fingerprint density at radius 3 is 2.29 bits per heavy atom. The summed E-state index contributed by atoms with van der Waals surface area (Å²) in [5.74, 6) is -2.59. The standard InChI is InChI=1S/C29H53N5O7S/c1-9-10-11-12-13-15-21(4)25(27(37)38)32-26(36)22-16-14-17-34(22)24(35)18-30-28(39)31-23(29(5,6)7)19-33(8)42(40,41)20(2)3/h13,15,20-23,25H,9-12,14,16-19H2,1-8H3,(H,32,36)(H,37,38)(H2,30,31,39)/b15-13-/t21?,22-,23?,25+/m0/s1. The maximum atomic E-state index is 13.1. The van der Waals surface area contributed by atoms with E-state index in [4.69, 9.17) is 0 Å². The molecule has 42 heavy (non-hydrogen) atoms. The van der Waals surface area contributed by atoms with E-state index in [-0.39, 0.29) is 13.1 Å². The van der Waals surface area contributed by atoms with Crippen LogP contribution in [0.5, 0.6) is 0 Å². The molecule has 2 unspecified atom stereocenters. The normalized spacial score (nSPS) is 18.2. The van der Waals surface area contributed by atoms with Crippen molar-refractivity contribution in [3.63, 3.8) is 0 Å². The number of sulfonamides is 1. The Balaban J connectivity index is 2.79. The number of nitrogens with one attached hydrogen (secondary N) is 3. The Kier molecular flexibility index (Phi) is 15.0. The van der Waals surface area contributed by atoms with Crippen LogP contribution in [0.3, 0.4) is 0 Å². The molecular weight excluding hydrogens is 562 g/mol. The third-order valence-corrected chi connectivity index (χ3v) is 9.81. The number of unbranched alkanes of at least 4 members (excludes halogenated alkanes) is 3. The summed E-state index contributed by atoms with van der Waals surface area (Å²) in [5.41, 5.74) is -0.483. The van der Waals surface area contributed by atoms with Crippen molar-refractivity contribution >= 4 is 33.8 Å². The van der Waals surface area contributed by atoms with Crippen LogP contribution in [0.15, 0.2) is 12.2 Å². The van der Waals surface area contributed by atoms with Gasteiger partial charge in [-0.2, -0.15) is 0 Å². The molecule has 0 radical (unpaired) electrons. The summed E-state index contributed by atoms with van der Waals surface area (Å²) in [4.78, 5) is 52.1. The summed E-state index contributed by atoms with van der Waals surface area (Å²) in [5, 5.41) is 17.0. The molecule has 0 aromatic heterocycles. The minimum atomic E-state index is -3.52. The number of hydrogen-bond donors (Lipinski definition) is 4. The lowest BCUT2D eigenvalue weighted by Gasteiger charge is -2.34. The Bertz CT molecular complexity index is 1060. The van der Waals surface area contributed by atoms with Gasteiger partial charge >= 0.3 is 12.0 Å². The number of urea groups is 1. The molecular formula is C29H53N5O7S. The van der Waals surface area contributed by atoms with Crippen molar-refractivity contribution in [1.82, 2.24) is 25.2 Å². The molecule has 0 aliphatic carbocycles. The minimum absolute atomic E-state index is 0.0524. The number of amides is 4. The van der Waals surface area contributed by atoms with Crippen molar-refractivity contribution in [3.05, 3.63) is 12.2 Å². The van der Waals surface area contributed by atoms with Gasteiger partial charge < -0.3 is 26.0 Å². The Labute approximate surface area is 252 Å². The fourth-order valence-electron chi connectivity index (χ4n) is 4.66. The molecule has 1 heterocycles. The van der Waals surface area contributed by atoms with E-state index in [0.717, 1.165) is 25.7 Å². The highest BCUT2D eigenvalue weighted by Crippen LogP contribution is 2.22. The molecule has 4 N–H and O–H groups in total. The van der Waals surface area contributed by atoms with Crippen LogP contribution in [0.2, 0.25) is 0 Å². The highest BCUT2D eigenvalue weighted by Gasteiger charge is 2.37. The van der Waals surface area contributed by atoms with Gasteiger partial charge in [0.25, 0.3) is 0 Å². The van der Waals surface area contributed by atoms with E-state index in [0.29, 0.717) is 19.4 Å². The fourth-order valence-corrected chi connectivity index (χ4v) is 5.74. The highest BCUT2D eigenvalue weighted by atomic mass is 32.2. The second-order valence-electron chi connectivity index (χ2n) is 12.5. The van der Waals surface area contributed by atoms with Crippen molar-refractivity contribution in [2.75, 3.05) is 26.7 Å². The zero-order valence-corrected chi connectivity index (χ0v) is 27.4. The van der Waals surface area contributed by atoms with Gasteiger partial charge in [-0.3, -0.25) is 9.59 Å². The van der Waals surface area contributed by atoms with Crippen LogP contribution in [0, 0.1) is 11.3 Å². The molecule has 1 fully saturated rings. The van der Waals surface area contributed by atoms with E-state index in [1.165, 1.54) is 16.3 Å². The molecule has 1 aliphatic rings. The molecule has 0 aromatic rings. The van der Waals surface area contributed by atoms with Gasteiger partial charge in [0, 0.05) is 32.1 Å². The first-order chi connectivity index (χ1) is 19.4. The van der Waals surface area contributed by atoms with E-state index >= 15 is 0 Å². The van der Waals surface area contributed by atoms with Crippen LogP contribution in [-0.4, -0.2) is 96.6 Å². The van der Waals surface area contributed by atoms with Crippen LogP contribution in [0.4, 0.5) is 4.79 Å². The minimum Gasteiger partial charge on any atom is -0.480 e. The SMILES string of the molecule is CCCCC/C=C\C(C)[C@@H](NC(=O)[C@@H]1CCCN1C(=O)CNC(=O)NC(CN(C)S(=O)(=O)C(C)C)C(C)(C)C)C(=O)O. The van der Waals surface area contributed by atoms with E-state index < -0.39 is 68.5 Å². The number of allylic oxidation sites excluding steroid dienone is 1. The predicted octanol–water partition coefficient (Wildman–Crippen LogP) is 2.70. The zero-order chi connectivity index (χ0) is 32.3. The molecule has 1 saturated heterocycles. The first-order valence-corrected chi connectivity index (χ1v) is 16.4. The second kappa shape index (κ2) is 16.8. The average molecular weight is 616 g/mol. The molecule has 0 aromatic carbocycles. The lowest BCUT2D eigenvalue weighted by molar-refractivity contribution is -0.144. The van der Waals surface area contributed by atoms with Crippen molar-refractivity contribution in [3.8, 4) is 0 Å². The van der Waals surface area contributed by atoms with Gasteiger partial charge in [0.2, 0.25) is 21.8 Å². The first-order valence-electron chi connectivity index (χ1n) is 14.9. The summed E-state index contributed by atoms with van der Waals surface area (Å²) in [6.07, 6.45) is 8.75. The third kappa shape index (κ3) is 11.5. The number of hydrogen-bond acceptors (Lipinski definition) is 6. The fraction of sp³-hybridized carbons (Fsp3) is 0.793. The van der Waals surface area contributed by atoms with E-state index in [2.05, 4.69) is 22.9 Å². The summed E-state index contributed by atoms with van der Waals surface area (Å²) in [6.45, 7) is 12.6. The third-order valence-electron chi connectivity index (χ3n) is 7.60. The number of likely N-dealkylation sites (N-methyl/N-ethyl adjacent to an activating group) is 1. The molecule has 0 saturated carbocycles. The Morgan fingerprint density at radius 1 is 1.10 bits per heavy atom. The maximum Gasteiger partial charge on any atom is 0.326 e. The first kappa shape index (κ1) is 37.4. The Hall–Kier alpha value is -2.67. The van der Waals surface area contributed by atoms with E-state index in [1.807, 2.05) is 26.8 Å². The number of carboxylic acid groups (broad SMARTS) is 1. The van der Waals surface area contributed by atoms with Gasteiger partial charge in [-0.05, 0) is 44.9 Å². The molecule has 1 aliphatic heterocycles. The predicted molar refractivity (Wildman–Crippen MR) is 163 cm³/mol. The van der Waals surface area contributed by atoms with Gasteiger partial charge in [0.05, 0.1) is 11.8 Å². The van der Waals surface area contributed by atoms with Crippen molar-refractivity contribution in [2.24, 2.45) is 11.3 Å². The molecule has 4 amide bonds. The largest absolute Gasteiger partial charge is 0.480 e. The number of carbonyl (C=O) groups is 4. The van der Waals surface area contributed by atoms with Crippen LogP contribution in [0.25, 0.3) is 0 Å². The van der Waals surface area contributed by atoms with Crippen molar-refractivity contribution < 1.29 is 32.7 Å². The van der Waals surface area contributed by atoms with Gasteiger partial charge in [-0.1, -0.05) is 59.6 Å². The number of nitrogens with zero attached hydrogens (tertiary/aromatic N) is 2. The average Bonchev–Trinajstić information content (AvgIpc) is 3.39. The molecule has 13 heteroatoms. The van der Waals surface area contributed by atoms with Gasteiger partial charge in [0.15, 0.2) is 0 Å². The molecule has 1 rings (SSSR count). The number of rotatable bonds is 16. The number of carboxylic acids is 1. The van der Waals surface area contributed by atoms with Crippen molar-refractivity contribution in [1.29, 1.82) is 0 Å². The van der Waals surface area contributed by atoms with E-state index in [9.17, 15) is 32.7 Å². The van der Waals surface area contributed by atoms with Gasteiger partial charge in [-0.15, -0.1) is 0 Å². The summed E-state index contributed by atoms with van der Waals surface area (Å²) in [6, 6.07) is -3.15. The lowest BCUT2D eigenvalue weighted by Crippen LogP contribution is -2.56. The summed E-state index contributed by atoms with van der Waals surface area (Å²) in [7, 11) is -2.06. The molecule has 0 spiro atoms. The summed E-state index contributed by atoms with van der Waals surface area (Å²) >= 11 is 0. The van der Waals surface area contributed by atoms with Crippen LogP contribution < -0.4 is 16.0 Å². The molecule has 4 atom stereocenters. The second-order valence-corrected chi connectivity index (χ2v) is 15.1. The number of carbonyl (C=O) groups excluding carboxylic acids is 3. The van der Waals surface area contributed by atoms with Crippen LogP contribution in [-0.2, 0) is 24.4 Å².